The molecule has 0 aliphatic heterocycles. The summed E-state index contributed by atoms with van der Waals surface area (Å²) in [5.74, 6) is -0.0270. The Labute approximate surface area is 171 Å². The molecule has 3 rings (SSSR count). The fourth-order valence-corrected chi connectivity index (χ4v) is 2.77. The normalized spacial score (nSPS) is 14.8. The number of ether oxygens (including phenoxy) is 1. The van der Waals surface area contributed by atoms with Crippen LogP contribution in [0.3, 0.4) is 0 Å². The number of nitrogens with zero attached hydrogens (tertiary/aromatic N) is 3. The molecule has 1 atom stereocenters. The van der Waals surface area contributed by atoms with Gasteiger partial charge in [0.2, 0.25) is 5.88 Å². The van der Waals surface area contributed by atoms with E-state index in [1.165, 1.54) is 12.1 Å². The zero-order valence-corrected chi connectivity index (χ0v) is 16.5. The Morgan fingerprint density at radius 2 is 2.00 bits per heavy atom. The third-order valence-corrected chi connectivity index (χ3v) is 4.46. The van der Waals surface area contributed by atoms with Gasteiger partial charge in [0, 0.05) is 23.9 Å². The highest BCUT2D eigenvalue weighted by molar-refractivity contribution is 5.94. The van der Waals surface area contributed by atoms with E-state index in [1.54, 1.807) is 19.9 Å². The molecule has 1 aliphatic carbocycles. The van der Waals surface area contributed by atoms with E-state index in [4.69, 9.17) is 0 Å². The van der Waals surface area contributed by atoms with Crippen molar-refractivity contribution < 1.29 is 27.5 Å². The van der Waals surface area contributed by atoms with Crippen LogP contribution in [-0.4, -0.2) is 39.4 Å². The Morgan fingerprint density at radius 1 is 1.27 bits per heavy atom. The number of rotatable bonds is 8. The minimum atomic E-state index is -4.47. The van der Waals surface area contributed by atoms with Gasteiger partial charge in [0.15, 0.2) is 6.61 Å². The summed E-state index contributed by atoms with van der Waals surface area (Å²) >= 11 is 0. The fraction of sp³-hybridized carbons (Fsp3) is 0.450. The Hall–Kier alpha value is -3.04. The summed E-state index contributed by atoms with van der Waals surface area (Å²) in [5, 5.41) is 2.76. The van der Waals surface area contributed by atoms with Crippen LogP contribution in [0, 0.1) is 12.8 Å². The van der Waals surface area contributed by atoms with E-state index in [0.717, 1.165) is 19.0 Å². The first-order chi connectivity index (χ1) is 14.1. The molecule has 7 nitrogen and oxygen atoms in total. The van der Waals surface area contributed by atoms with Crippen molar-refractivity contribution in [3.63, 3.8) is 0 Å². The molecular formula is C20H21F3N4O3. The van der Waals surface area contributed by atoms with Gasteiger partial charge in [-0.25, -0.2) is 15.0 Å². The monoisotopic (exact) mass is 422 g/mol. The van der Waals surface area contributed by atoms with Gasteiger partial charge >= 0.3 is 6.18 Å². The summed E-state index contributed by atoms with van der Waals surface area (Å²) in [6.07, 6.45) is -1.33. The quantitative estimate of drug-likeness (QED) is 0.703. The lowest BCUT2D eigenvalue weighted by atomic mass is 10.1. The summed E-state index contributed by atoms with van der Waals surface area (Å²) in [6.45, 7) is 2.07. The highest BCUT2D eigenvalue weighted by atomic mass is 19.4. The first kappa shape index (κ1) is 21.7. The van der Waals surface area contributed by atoms with Gasteiger partial charge in [0.1, 0.15) is 11.6 Å². The second-order valence-electron chi connectivity index (χ2n) is 7.25. The maximum absolute atomic E-state index is 12.4. The summed E-state index contributed by atoms with van der Waals surface area (Å²) in [6, 6.07) is 3.77. The number of amides is 1. The number of aromatic nitrogens is 3. The SMILES string of the molecule is Cc1cc(C(C)NC(=O)c2ccc(OCC(F)(F)F)nc2)nc(CC(=O)C2CC2)n1. The molecule has 2 heterocycles. The van der Waals surface area contributed by atoms with E-state index in [0.29, 0.717) is 17.2 Å². The molecule has 1 amide bonds. The van der Waals surface area contributed by atoms with Gasteiger partial charge in [-0.05, 0) is 38.8 Å². The van der Waals surface area contributed by atoms with Gasteiger partial charge in [0.05, 0.1) is 23.7 Å². The first-order valence-electron chi connectivity index (χ1n) is 9.44. The van der Waals surface area contributed by atoms with Gasteiger partial charge in [-0.15, -0.1) is 0 Å². The van der Waals surface area contributed by atoms with Gasteiger partial charge in [-0.3, -0.25) is 9.59 Å². The van der Waals surface area contributed by atoms with Gasteiger partial charge in [-0.1, -0.05) is 0 Å². The third kappa shape index (κ3) is 6.23. The Kier molecular flexibility index (Phi) is 6.33. The average molecular weight is 422 g/mol. The molecule has 2 aromatic rings. The summed E-state index contributed by atoms with van der Waals surface area (Å²) in [4.78, 5) is 36.9. The van der Waals surface area contributed by atoms with E-state index in [9.17, 15) is 22.8 Å². The van der Waals surface area contributed by atoms with Crippen molar-refractivity contribution in [2.45, 2.75) is 45.3 Å². The lowest BCUT2D eigenvalue weighted by Gasteiger charge is -2.15. The molecule has 1 aliphatic rings. The standard InChI is InChI=1S/C20H21F3N4O3/c1-11-7-15(27-17(25-11)8-16(28)13-3-4-13)12(2)26-19(29)14-5-6-18(24-9-14)30-10-20(21,22)23/h5-7,9,12-13H,3-4,8,10H2,1-2H3,(H,26,29). The van der Waals surface area contributed by atoms with Crippen molar-refractivity contribution in [3.8, 4) is 5.88 Å². The summed E-state index contributed by atoms with van der Waals surface area (Å²) < 4.78 is 41.1. The maximum atomic E-state index is 12.4. The van der Waals surface area contributed by atoms with Crippen LogP contribution in [0.25, 0.3) is 0 Å². The van der Waals surface area contributed by atoms with Gasteiger partial charge < -0.3 is 10.1 Å². The topological polar surface area (TPSA) is 94.1 Å². The van der Waals surface area contributed by atoms with E-state index in [2.05, 4.69) is 25.0 Å². The Bertz CT molecular complexity index is 928. The molecule has 30 heavy (non-hydrogen) atoms. The van der Waals surface area contributed by atoms with Crippen LogP contribution >= 0.6 is 0 Å². The number of hydrogen-bond donors (Lipinski definition) is 1. The fourth-order valence-electron chi connectivity index (χ4n) is 2.77. The van der Waals surface area contributed by atoms with Gasteiger partial charge in [-0.2, -0.15) is 13.2 Å². The number of nitrogens with one attached hydrogen (secondary N) is 1. The highest BCUT2D eigenvalue weighted by Crippen LogP contribution is 2.30. The van der Waals surface area contributed by atoms with Crippen molar-refractivity contribution in [2.75, 3.05) is 6.61 Å². The van der Waals surface area contributed by atoms with Crippen molar-refractivity contribution in [1.29, 1.82) is 0 Å². The molecular weight excluding hydrogens is 401 g/mol. The summed E-state index contributed by atoms with van der Waals surface area (Å²) in [5.41, 5.74) is 1.41. The van der Waals surface area contributed by atoms with Crippen molar-refractivity contribution in [1.82, 2.24) is 20.3 Å². The molecule has 0 saturated heterocycles. The van der Waals surface area contributed by atoms with Gasteiger partial charge in [0.25, 0.3) is 5.91 Å². The second kappa shape index (κ2) is 8.76. The largest absolute Gasteiger partial charge is 0.468 e. The molecule has 1 fully saturated rings. The number of Topliss-reactive ketones (excluding diaryl/α,β-unsaturated/α-hetero) is 1. The van der Waals surface area contributed by atoms with Crippen LogP contribution in [0.1, 0.15) is 53.4 Å². The average Bonchev–Trinajstić information content (AvgIpc) is 3.51. The van der Waals surface area contributed by atoms with Crippen molar-refractivity contribution in [3.05, 3.63) is 47.2 Å². The van der Waals surface area contributed by atoms with Crippen LogP contribution in [0.4, 0.5) is 13.2 Å². The minimum Gasteiger partial charge on any atom is -0.468 e. The number of aryl methyl sites for hydroxylation is 1. The van der Waals surface area contributed by atoms with Crippen LogP contribution in [-0.2, 0) is 11.2 Å². The van der Waals surface area contributed by atoms with E-state index in [-0.39, 0.29) is 29.6 Å². The molecule has 0 radical (unpaired) electrons. The lowest BCUT2D eigenvalue weighted by Crippen LogP contribution is -2.28. The number of alkyl halides is 3. The van der Waals surface area contributed by atoms with Crippen LogP contribution in [0.2, 0.25) is 0 Å². The molecule has 0 spiro atoms. The Morgan fingerprint density at radius 3 is 2.60 bits per heavy atom. The van der Waals surface area contributed by atoms with Crippen molar-refractivity contribution in [2.24, 2.45) is 5.92 Å². The highest BCUT2D eigenvalue weighted by Gasteiger charge is 2.30. The van der Waals surface area contributed by atoms with Crippen LogP contribution < -0.4 is 10.1 Å². The first-order valence-corrected chi connectivity index (χ1v) is 9.44. The zero-order chi connectivity index (χ0) is 21.9. The molecule has 0 bridgehead atoms. The predicted molar refractivity (Wildman–Crippen MR) is 99.9 cm³/mol. The third-order valence-electron chi connectivity index (χ3n) is 4.46. The van der Waals surface area contributed by atoms with Crippen molar-refractivity contribution >= 4 is 11.7 Å². The van der Waals surface area contributed by atoms with E-state index >= 15 is 0 Å². The lowest BCUT2D eigenvalue weighted by molar-refractivity contribution is -0.154. The Balaban J connectivity index is 1.62. The second-order valence-corrected chi connectivity index (χ2v) is 7.25. The molecule has 10 heteroatoms. The van der Waals surface area contributed by atoms with E-state index in [1.807, 2.05) is 0 Å². The number of pyridine rings is 1. The smallest absolute Gasteiger partial charge is 0.422 e. The van der Waals surface area contributed by atoms with Crippen LogP contribution in [0.15, 0.2) is 24.4 Å². The number of carbonyl (C=O) groups excluding carboxylic acids is 2. The molecule has 0 aromatic carbocycles. The molecule has 1 unspecified atom stereocenters. The maximum Gasteiger partial charge on any atom is 0.422 e. The van der Waals surface area contributed by atoms with E-state index < -0.39 is 24.7 Å². The number of halogens is 3. The molecule has 160 valence electrons. The zero-order valence-electron chi connectivity index (χ0n) is 16.5. The molecule has 2 aromatic heterocycles. The number of carbonyl (C=O) groups is 2. The number of hydrogen-bond acceptors (Lipinski definition) is 6. The number of ketones is 1. The molecule has 1 saturated carbocycles. The molecule has 1 N–H and O–H groups in total. The van der Waals surface area contributed by atoms with Crippen LogP contribution in [0.5, 0.6) is 5.88 Å². The predicted octanol–water partition coefficient (Wildman–Crippen LogP) is 3.13. The minimum absolute atomic E-state index is 0.116. The summed E-state index contributed by atoms with van der Waals surface area (Å²) in [7, 11) is 0.